The fourth-order valence-corrected chi connectivity index (χ4v) is 2.94. The van der Waals surface area contributed by atoms with E-state index in [1.807, 2.05) is 18.2 Å². The van der Waals surface area contributed by atoms with Crippen LogP contribution in [-0.2, 0) is 4.32 Å². The first-order chi connectivity index (χ1) is 6.73. The van der Waals surface area contributed by atoms with Crippen LogP contribution in [0.25, 0.3) is 0 Å². The smallest absolute Gasteiger partial charge is 0.0764 e. The van der Waals surface area contributed by atoms with Gasteiger partial charge in [-0.3, -0.25) is 0 Å². The van der Waals surface area contributed by atoms with Gasteiger partial charge < -0.3 is 5.11 Å². The van der Waals surface area contributed by atoms with E-state index in [1.54, 1.807) is 0 Å². The topological polar surface area (TPSA) is 20.2 Å². The maximum Gasteiger partial charge on any atom is 0.0764 e. The molecule has 1 N–H and O–H groups in total. The molecule has 2 rings (SSSR count). The predicted molar refractivity (Wildman–Crippen MR) is 61.5 cm³/mol. The van der Waals surface area contributed by atoms with Crippen LogP contribution in [0.1, 0.15) is 31.2 Å². The number of benzene rings is 1. The zero-order valence-corrected chi connectivity index (χ0v) is 9.70. The van der Waals surface area contributed by atoms with Crippen LogP contribution in [-0.4, -0.2) is 11.2 Å². The summed E-state index contributed by atoms with van der Waals surface area (Å²) in [6.45, 7) is 0. The molecule has 0 heterocycles. The third-order valence-electron chi connectivity index (χ3n) is 3.05. The second-order valence-electron chi connectivity index (χ2n) is 3.99. The quantitative estimate of drug-likeness (QED) is 0.764. The van der Waals surface area contributed by atoms with Crippen LogP contribution in [0.5, 0.6) is 0 Å². The van der Waals surface area contributed by atoms with Crippen molar-refractivity contribution < 1.29 is 5.11 Å². The van der Waals surface area contributed by atoms with Crippen molar-refractivity contribution in [2.75, 3.05) is 0 Å². The molecule has 0 amide bonds. The van der Waals surface area contributed by atoms with E-state index in [2.05, 4.69) is 28.1 Å². The highest BCUT2D eigenvalue weighted by Crippen LogP contribution is 2.44. The van der Waals surface area contributed by atoms with E-state index in [1.165, 1.54) is 12.0 Å². The van der Waals surface area contributed by atoms with Crippen LogP contribution in [0, 0.1) is 0 Å². The van der Waals surface area contributed by atoms with Crippen molar-refractivity contribution >= 4 is 15.9 Å². The SMILES string of the molecule is OC1CCCCC1(Br)c1ccccc1. The van der Waals surface area contributed by atoms with Gasteiger partial charge in [-0.2, -0.15) is 0 Å². The van der Waals surface area contributed by atoms with Gasteiger partial charge in [-0.1, -0.05) is 59.1 Å². The normalized spacial score (nSPS) is 32.9. The summed E-state index contributed by atoms with van der Waals surface area (Å²) in [5.74, 6) is 0. The lowest BCUT2D eigenvalue weighted by Crippen LogP contribution is -2.36. The Hall–Kier alpha value is -0.340. The van der Waals surface area contributed by atoms with Crippen LogP contribution >= 0.6 is 15.9 Å². The molecule has 0 saturated heterocycles. The summed E-state index contributed by atoms with van der Waals surface area (Å²) in [6, 6.07) is 10.2. The average Bonchev–Trinajstić information content (AvgIpc) is 2.24. The number of alkyl halides is 1. The molecule has 0 aromatic heterocycles. The van der Waals surface area contributed by atoms with E-state index in [-0.39, 0.29) is 10.4 Å². The van der Waals surface area contributed by atoms with Gasteiger partial charge in [0.1, 0.15) is 0 Å². The van der Waals surface area contributed by atoms with Gasteiger partial charge in [-0.05, 0) is 18.4 Å². The van der Waals surface area contributed by atoms with Crippen LogP contribution < -0.4 is 0 Å². The summed E-state index contributed by atoms with van der Waals surface area (Å²) in [5, 5.41) is 10.0. The minimum Gasteiger partial charge on any atom is -0.391 e. The molecule has 2 heteroatoms. The zero-order valence-electron chi connectivity index (χ0n) is 8.12. The number of halogens is 1. The predicted octanol–water partition coefficient (Wildman–Crippen LogP) is 3.21. The minimum absolute atomic E-state index is 0.202. The van der Waals surface area contributed by atoms with Crippen molar-refractivity contribution in [3.05, 3.63) is 35.9 Å². The molecule has 1 aliphatic carbocycles. The van der Waals surface area contributed by atoms with Gasteiger partial charge >= 0.3 is 0 Å². The average molecular weight is 255 g/mol. The molecule has 2 unspecified atom stereocenters. The van der Waals surface area contributed by atoms with E-state index in [4.69, 9.17) is 0 Å². The molecular weight excluding hydrogens is 240 g/mol. The fourth-order valence-electron chi connectivity index (χ4n) is 2.17. The maximum absolute atomic E-state index is 10.0. The summed E-state index contributed by atoms with van der Waals surface area (Å²) >= 11 is 3.72. The molecule has 0 aliphatic heterocycles. The van der Waals surface area contributed by atoms with E-state index in [0.717, 1.165) is 19.3 Å². The Bertz CT molecular complexity index is 298. The zero-order chi connectivity index (χ0) is 10.0. The summed E-state index contributed by atoms with van der Waals surface area (Å²) in [4.78, 5) is 0. The molecule has 1 aromatic carbocycles. The molecule has 0 spiro atoms. The molecule has 1 nitrogen and oxygen atoms in total. The van der Waals surface area contributed by atoms with Gasteiger partial charge in [0, 0.05) is 0 Å². The summed E-state index contributed by atoms with van der Waals surface area (Å²) in [5.41, 5.74) is 1.20. The third-order valence-corrected chi connectivity index (χ3v) is 4.43. The van der Waals surface area contributed by atoms with Gasteiger partial charge in [0.2, 0.25) is 0 Å². The number of aliphatic hydroxyl groups excluding tert-OH is 1. The Kier molecular flexibility index (Phi) is 2.93. The first-order valence-electron chi connectivity index (χ1n) is 5.16. The first-order valence-corrected chi connectivity index (χ1v) is 5.95. The molecule has 1 aromatic rings. The highest BCUT2D eigenvalue weighted by molar-refractivity contribution is 9.09. The Morgan fingerprint density at radius 2 is 1.93 bits per heavy atom. The molecule has 14 heavy (non-hydrogen) atoms. The van der Waals surface area contributed by atoms with Crippen LogP contribution in [0.15, 0.2) is 30.3 Å². The lowest BCUT2D eigenvalue weighted by Gasteiger charge is -2.37. The summed E-state index contributed by atoms with van der Waals surface area (Å²) in [6.07, 6.45) is 4.01. The fraction of sp³-hybridized carbons (Fsp3) is 0.500. The molecule has 0 radical (unpaired) electrons. The number of aliphatic hydroxyl groups is 1. The number of hydrogen-bond acceptors (Lipinski definition) is 1. The first kappa shape index (κ1) is 10.2. The number of hydrogen-bond donors (Lipinski definition) is 1. The van der Waals surface area contributed by atoms with Gasteiger partial charge in [0.15, 0.2) is 0 Å². The third kappa shape index (κ3) is 1.73. The number of rotatable bonds is 1. The van der Waals surface area contributed by atoms with Crippen molar-refractivity contribution in [3.63, 3.8) is 0 Å². The summed E-state index contributed by atoms with van der Waals surface area (Å²) < 4.78 is -0.202. The Morgan fingerprint density at radius 3 is 2.57 bits per heavy atom. The van der Waals surface area contributed by atoms with Crippen molar-refractivity contribution in [2.45, 2.75) is 36.1 Å². The molecule has 1 fully saturated rings. The second kappa shape index (κ2) is 4.03. The molecule has 0 bridgehead atoms. The standard InChI is InChI=1S/C12H15BrO/c13-12(9-5-4-8-11(12)14)10-6-2-1-3-7-10/h1-3,6-7,11,14H,4-5,8-9H2. The molecular formula is C12H15BrO. The lowest BCUT2D eigenvalue weighted by atomic mass is 9.81. The van der Waals surface area contributed by atoms with Gasteiger partial charge in [-0.25, -0.2) is 0 Å². The Labute approximate surface area is 93.3 Å². The minimum atomic E-state index is -0.251. The summed E-state index contributed by atoms with van der Waals surface area (Å²) in [7, 11) is 0. The van der Waals surface area contributed by atoms with E-state index >= 15 is 0 Å². The van der Waals surface area contributed by atoms with E-state index in [0.29, 0.717) is 0 Å². The van der Waals surface area contributed by atoms with Gasteiger partial charge in [0.05, 0.1) is 10.4 Å². The van der Waals surface area contributed by atoms with Gasteiger partial charge in [0.25, 0.3) is 0 Å². The van der Waals surface area contributed by atoms with E-state index in [9.17, 15) is 5.11 Å². The van der Waals surface area contributed by atoms with Crippen molar-refractivity contribution in [1.29, 1.82) is 0 Å². The molecule has 1 saturated carbocycles. The largest absolute Gasteiger partial charge is 0.391 e. The van der Waals surface area contributed by atoms with Crippen molar-refractivity contribution in [1.82, 2.24) is 0 Å². The van der Waals surface area contributed by atoms with E-state index < -0.39 is 0 Å². The van der Waals surface area contributed by atoms with Crippen LogP contribution in [0.4, 0.5) is 0 Å². The molecule has 2 atom stereocenters. The van der Waals surface area contributed by atoms with Crippen LogP contribution in [0.3, 0.4) is 0 Å². The molecule has 1 aliphatic rings. The van der Waals surface area contributed by atoms with Crippen LogP contribution in [0.2, 0.25) is 0 Å². The highest BCUT2D eigenvalue weighted by atomic mass is 79.9. The Balaban J connectivity index is 2.30. The van der Waals surface area contributed by atoms with Crippen molar-refractivity contribution in [2.24, 2.45) is 0 Å². The maximum atomic E-state index is 10.0. The lowest BCUT2D eigenvalue weighted by molar-refractivity contribution is 0.0928. The van der Waals surface area contributed by atoms with Gasteiger partial charge in [-0.15, -0.1) is 0 Å². The second-order valence-corrected chi connectivity index (χ2v) is 5.41. The highest BCUT2D eigenvalue weighted by Gasteiger charge is 2.38. The molecule has 76 valence electrons. The Morgan fingerprint density at radius 1 is 1.21 bits per heavy atom. The van der Waals surface area contributed by atoms with Crippen molar-refractivity contribution in [3.8, 4) is 0 Å². The monoisotopic (exact) mass is 254 g/mol.